The number of methoxy groups -OCH3 is 1. The van der Waals surface area contributed by atoms with E-state index in [9.17, 15) is 14.4 Å². The Balaban J connectivity index is 1.56. The standard InChI is InChI=1S/C31H32ClN3O5S/c1-4-40-30(38)26-18-41-31(33-26)35(22-8-6-5-7-9-22)28(36)17-24-19(2)34(27-15-14-23(39-3)16-25(24)27)29(37)20-10-12-21(32)13-11-20/h10-16,18,22H,4-9,17H2,1-3H3. The zero-order chi connectivity index (χ0) is 29.1. The van der Waals surface area contributed by atoms with Crippen molar-refractivity contribution in [3.05, 3.63) is 75.4 Å². The summed E-state index contributed by atoms with van der Waals surface area (Å²) in [5, 5.41) is 3.44. The van der Waals surface area contributed by atoms with Crippen LogP contribution in [0.4, 0.5) is 5.13 Å². The summed E-state index contributed by atoms with van der Waals surface area (Å²) >= 11 is 7.33. The molecular formula is C31H32ClN3O5S. The van der Waals surface area contributed by atoms with Gasteiger partial charge in [-0.25, -0.2) is 9.78 Å². The molecule has 1 aliphatic carbocycles. The fraction of sp³-hybridized carbons (Fsp3) is 0.355. The van der Waals surface area contributed by atoms with Crippen LogP contribution in [-0.2, 0) is 16.0 Å². The molecule has 1 amide bonds. The largest absolute Gasteiger partial charge is 0.497 e. The van der Waals surface area contributed by atoms with Gasteiger partial charge < -0.3 is 9.47 Å². The molecule has 8 nitrogen and oxygen atoms in total. The average molecular weight is 594 g/mol. The fourth-order valence-electron chi connectivity index (χ4n) is 5.51. The first kappa shape index (κ1) is 28.8. The number of hydrogen-bond acceptors (Lipinski definition) is 7. The summed E-state index contributed by atoms with van der Waals surface area (Å²) in [6.07, 6.45) is 4.96. The maximum atomic E-state index is 14.2. The van der Waals surface area contributed by atoms with Gasteiger partial charge in [-0.15, -0.1) is 11.3 Å². The van der Waals surface area contributed by atoms with Gasteiger partial charge in [-0.2, -0.15) is 0 Å². The van der Waals surface area contributed by atoms with Crippen LogP contribution in [0.2, 0.25) is 5.02 Å². The number of anilines is 1. The second kappa shape index (κ2) is 12.4. The van der Waals surface area contributed by atoms with Crippen molar-refractivity contribution in [1.29, 1.82) is 0 Å². The lowest BCUT2D eigenvalue weighted by Gasteiger charge is -2.32. The van der Waals surface area contributed by atoms with Crippen LogP contribution >= 0.6 is 22.9 Å². The van der Waals surface area contributed by atoms with Gasteiger partial charge in [-0.3, -0.25) is 19.1 Å². The highest BCUT2D eigenvalue weighted by molar-refractivity contribution is 7.14. The van der Waals surface area contributed by atoms with Crippen LogP contribution in [0.15, 0.2) is 47.8 Å². The van der Waals surface area contributed by atoms with E-state index in [1.54, 1.807) is 59.2 Å². The van der Waals surface area contributed by atoms with Gasteiger partial charge in [0.15, 0.2) is 10.8 Å². The number of aromatic nitrogens is 2. The van der Waals surface area contributed by atoms with E-state index in [-0.39, 0.29) is 36.6 Å². The second-order valence-corrected chi connectivity index (χ2v) is 11.3. The molecule has 0 bridgehead atoms. The van der Waals surface area contributed by atoms with Crippen molar-refractivity contribution in [3.63, 3.8) is 0 Å². The third-order valence-corrected chi connectivity index (χ3v) is 8.65. The lowest BCUT2D eigenvalue weighted by molar-refractivity contribution is -0.118. The van der Waals surface area contributed by atoms with Crippen LogP contribution in [-0.4, -0.2) is 47.1 Å². The van der Waals surface area contributed by atoms with Gasteiger partial charge in [0, 0.05) is 33.1 Å². The molecule has 10 heteroatoms. The Labute approximate surface area is 247 Å². The highest BCUT2D eigenvalue weighted by Gasteiger charge is 2.32. The lowest BCUT2D eigenvalue weighted by Crippen LogP contribution is -2.42. The number of rotatable bonds is 8. The summed E-state index contributed by atoms with van der Waals surface area (Å²) in [4.78, 5) is 46.5. The molecule has 1 aliphatic rings. The molecule has 0 atom stereocenters. The Morgan fingerprint density at radius 1 is 1.10 bits per heavy atom. The highest BCUT2D eigenvalue weighted by atomic mass is 35.5. The first-order valence-electron chi connectivity index (χ1n) is 13.7. The predicted octanol–water partition coefficient (Wildman–Crippen LogP) is 6.84. The minimum Gasteiger partial charge on any atom is -0.497 e. The Kier molecular flexibility index (Phi) is 8.75. The van der Waals surface area contributed by atoms with Crippen LogP contribution in [0.3, 0.4) is 0 Å². The van der Waals surface area contributed by atoms with E-state index in [0.717, 1.165) is 43.1 Å². The van der Waals surface area contributed by atoms with E-state index in [1.165, 1.54) is 11.3 Å². The Morgan fingerprint density at radius 3 is 2.51 bits per heavy atom. The van der Waals surface area contributed by atoms with Gasteiger partial charge in [-0.1, -0.05) is 30.9 Å². The molecule has 0 saturated heterocycles. The Bertz CT molecular complexity index is 1590. The van der Waals surface area contributed by atoms with Crippen molar-refractivity contribution < 1.29 is 23.9 Å². The molecule has 2 heterocycles. The summed E-state index contributed by atoms with van der Waals surface area (Å²) in [5.74, 6) is -0.218. The van der Waals surface area contributed by atoms with Crippen molar-refractivity contribution in [2.75, 3.05) is 18.6 Å². The number of hydrogen-bond donors (Lipinski definition) is 0. The molecule has 0 aliphatic heterocycles. The van der Waals surface area contributed by atoms with Crippen molar-refractivity contribution in [2.24, 2.45) is 0 Å². The second-order valence-electron chi connectivity index (χ2n) is 10.1. The molecule has 0 spiro atoms. The number of fused-ring (bicyclic) bond motifs is 1. The number of amides is 1. The molecule has 0 N–H and O–H groups in total. The van der Waals surface area contributed by atoms with Crippen LogP contribution in [0.5, 0.6) is 5.75 Å². The molecule has 1 saturated carbocycles. The van der Waals surface area contributed by atoms with Gasteiger partial charge in [0.25, 0.3) is 5.91 Å². The van der Waals surface area contributed by atoms with Gasteiger partial charge in [0.2, 0.25) is 5.91 Å². The van der Waals surface area contributed by atoms with Gasteiger partial charge in [0.05, 0.1) is 25.7 Å². The molecule has 41 heavy (non-hydrogen) atoms. The average Bonchev–Trinajstić information content (AvgIpc) is 3.57. The summed E-state index contributed by atoms with van der Waals surface area (Å²) in [7, 11) is 1.59. The smallest absolute Gasteiger partial charge is 0.357 e. The summed E-state index contributed by atoms with van der Waals surface area (Å²) in [6.45, 7) is 3.85. The van der Waals surface area contributed by atoms with Crippen LogP contribution in [0.1, 0.15) is 71.1 Å². The van der Waals surface area contributed by atoms with Crippen LogP contribution in [0.25, 0.3) is 10.9 Å². The Hall–Kier alpha value is -3.69. The quantitative estimate of drug-likeness (QED) is 0.208. The summed E-state index contributed by atoms with van der Waals surface area (Å²) in [5.41, 5.74) is 2.80. The van der Waals surface area contributed by atoms with E-state index in [2.05, 4.69) is 4.98 Å². The fourth-order valence-corrected chi connectivity index (χ4v) is 6.52. The first-order chi connectivity index (χ1) is 19.8. The monoisotopic (exact) mass is 593 g/mol. The van der Waals surface area contributed by atoms with E-state index in [1.807, 2.05) is 19.1 Å². The third kappa shape index (κ3) is 5.87. The normalized spacial score (nSPS) is 13.8. The van der Waals surface area contributed by atoms with Gasteiger partial charge >= 0.3 is 5.97 Å². The van der Waals surface area contributed by atoms with E-state index in [0.29, 0.717) is 32.7 Å². The molecular weight excluding hydrogens is 562 g/mol. The molecule has 1 fully saturated rings. The van der Waals surface area contributed by atoms with Crippen LogP contribution in [0, 0.1) is 6.92 Å². The number of thiazole rings is 1. The summed E-state index contributed by atoms with van der Waals surface area (Å²) in [6, 6.07) is 12.2. The summed E-state index contributed by atoms with van der Waals surface area (Å²) < 4.78 is 12.3. The maximum absolute atomic E-state index is 14.2. The number of carbonyl (C=O) groups is 3. The van der Waals surface area contributed by atoms with E-state index in [4.69, 9.17) is 21.1 Å². The third-order valence-electron chi connectivity index (χ3n) is 7.56. The molecule has 2 aromatic heterocycles. The van der Waals surface area contributed by atoms with Gasteiger partial charge in [-0.05, 0) is 74.7 Å². The van der Waals surface area contributed by atoms with Crippen molar-refractivity contribution in [2.45, 2.75) is 58.4 Å². The minimum atomic E-state index is -0.502. The molecule has 2 aromatic carbocycles. The molecule has 0 unspecified atom stereocenters. The minimum absolute atomic E-state index is 0.0173. The van der Waals surface area contributed by atoms with Crippen LogP contribution < -0.4 is 9.64 Å². The lowest BCUT2D eigenvalue weighted by atomic mass is 9.94. The van der Waals surface area contributed by atoms with Crippen molar-refractivity contribution >= 4 is 56.8 Å². The number of benzene rings is 2. The number of nitrogens with zero attached hydrogens (tertiary/aromatic N) is 3. The van der Waals surface area contributed by atoms with Gasteiger partial charge in [0.1, 0.15) is 5.75 Å². The number of esters is 1. The number of ether oxygens (including phenoxy) is 2. The van der Waals surface area contributed by atoms with Crippen molar-refractivity contribution in [1.82, 2.24) is 9.55 Å². The van der Waals surface area contributed by atoms with Crippen molar-refractivity contribution in [3.8, 4) is 5.75 Å². The molecule has 214 valence electrons. The number of carbonyl (C=O) groups excluding carboxylic acids is 3. The topological polar surface area (TPSA) is 90.7 Å². The SMILES string of the molecule is CCOC(=O)c1csc(N(C(=O)Cc2c(C)n(C(=O)c3ccc(Cl)cc3)c3ccc(OC)cc23)C2CCCCC2)n1. The predicted molar refractivity (Wildman–Crippen MR) is 161 cm³/mol. The molecule has 0 radical (unpaired) electrons. The highest BCUT2D eigenvalue weighted by Crippen LogP contribution is 2.34. The Morgan fingerprint density at radius 2 is 1.83 bits per heavy atom. The van der Waals surface area contributed by atoms with E-state index >= 15 is 0 Å². The first-order valence-corrected chi connectivity index (χ1v) is 15.0. The zero-order valence-electron chi connectivity index (χ0n) is 23.3. The number of halogens is 1. The molecule has 4 aromatic rings. The zero-order valence-corrected chi connectivity index (χ0v) is 24.9. The molecule has 5 rings (SSSR count). The van der Waals surface area contributed by atoms with E-state index < -0.39 is 5.97 Å². The maximum Gasteiger partial charge on any atom is 0.357 e.